The van der Waals surface area contributed by atoms with Crippen molar-refractivity contribution in [3.8, 4) is 0 Å². The van der Waals surface area contributed by atoms with Crippen LogP contribution in [0.3, 0.4) is 0 Å². The van der Waals surface area contributed by atoms with Crippen LogP contribution >= 0.6 is 0 Å². The van der Waals surface area contributed by atoms with Gasteiger partial charge in [0.05, 0.1) is 0 Å². The molecule has 0 N–H and O–H groups in total. The second-order valence-electron chi connectivity index (χ2n) is 1.92. The van der Waals surface area contributed by atoms with E-state index in [1.165, 1.54) is 0 Å². The van der Waals surface area contributed by atoms with Crippen molar-refractivity contribution in [2.24, 2.45) is 0 Å². The molecular weight excluding hydrogens is 212 g/mol. The fourth-order valence-corrected chi connectivity index (χ4v) is 0.783. The molecule has 0 aromatic rings. The third kappa shape index (κ3) is 1.66. The first kappa shape index (κ1) is 8.29. The fourth-order valence-electron chi connectivity index (χ4n) is 0.783. The Morgan fingerprint density at radius 2 is 2.25 bits per heavy atom. The van der Waals surface area contributed by atoms with E-state index in [-0.39, 0.29) is 24.4 Å². The summed E-state index contributed by atoms with van der Waals surface area (Å²) in [4.78, 5) is 12.3. The standard InChI is InChI=1S/C5H9NO.Sb/c1-6-4-2-3-5(6)7;/h2-4H2,1H3;/q;+3. The smallest absolute Gasteiger partial charge is 0.346 e. The first-order chi connectivity index (χ1) is 3.30. The number of rotatable bonds is 0. The van der Waals surface area contributed by atoms with Crippen LogP contribution < -0.4 is 0 Å². The molecule has 0 atom stereocenters. The average Bonchev–Trinajstić information content (AvgIpc) is 1.91. The molecule has 1 amide bonds. The number of carbonyl (C=O) groups is 1. The van der Waals surface area contributed by atoms with E-state index in [1.54, 1.807) is 4.90 Å². The topological polar surface area (TPSA) is 20.3 Å². The van der Waals surface area contributed by atoms with Gasteiger partial charge < -0.3 is 4.90 Å². The van der Waals surface area contributed by atoms with Crippen LogP contribution in [0.1, 0.15) is 12.8 Å². The van der Waals surface area contributed by atoms with Crippen molar-refractivity contribution >= 4 is 30.3 Å². The molecule has 2 radical (unpaired) electrons. The van der Waals surface area contributed by atoms with E-state index in [1.807, 2.05) is 7.05 Å². The second kappa shape index (κ2) is 3.34. The summed E-state index contributed by atoms with van der Waals surface area (Å²) in [5.41, 5.74) is 0. The fraction of sp³-hybridized carbons (Fsp3) is 0.800. The van der Waals surface area contributed by atoms with Crippen LogP contribution in [-0.4, -0.2) is 48.8 Å². The largest absolute Gasteiger partial charge is 3.00 e. The predicted octanol–water partition coefficient (Wildman–Crippen LogP) is -0.142. The van der Waals surface area contributed by atoms with Crippen LogP contribution in [0, 0.1) is 0 Å². The van der Waals surface area contributed by atoms with Gasteiger partial charge in [-0.3, -0.25) is 4.79 Å². The van der Waals surface area contributed by atoms with E-state index in [2.05, 4.69) is 0 Å². The summed E-state index contributed by atoms with van der Waals surface area (Å²) in [5.74, 6) is 0.292. The normalized spacial score (nSPS) is 18.6. The van der Waals surface area contributed by atoms with E-state index < -0.39 is 0 Å². The van der Waals surface area contributed by atoms with Crippen LogP contribution in [0.2, 0.25) is 0 Å². The zero-order valence-electron chi connectivity index (χ0n) is 4.92. The summed E-state index contributed by atoms with van der Waals surface area (Å²) >= 11 is 0. The van der Waals surface area contributed by atoms with Gasteiger partial charge >= 0.3 is 24.4 Å². The van der Waals surface area contributed by atoms with Crippen molar-refractivity contribution in [1.82, 2.24) is 4.90 Å². The van der Waals surface area contributed by atoms with Gasteiger partial charge in [0.1, 0.15) is 0 Å². The molecule has 3 heteroatoms. The first-order valence-electron chi connectivity index (χ1n) is 2.54. The van der Waals surface area contributed by atoms with Gasteiger partial charge in [0.25, 0.3) is 0 Å². The zero-order chi connectivity index (χ0) is 5.28. The van der Waals surface area contributed by atoms with Crippen molar-refractivity contribution < 1.29 is 4.79 Å². The number of hydrogen-bond acceptors (Lipinski definition) is 1. The molecule has 42 valence electrons. The molecule has 0 aliphatic carbocycles. The molecule has 1 saturated heterocycles. The van der Waals surface area contributed by atoms with E-state index >= 15 is 0 Å². The maximum Gasteiger partial charge on any atom is 3.00 e. The summed E-state index contributed by atoms with van der Waals surface area (Å²) < 4.78 is 0. The second-order valence-corrected chi connectivity index (χ2v) is 1.92. The molecule has 1 aliphatic heterocycles. The Hall–Kier alpha value is 0.288. The number of carbonyl (C=O) groups excluding carboxylic acids is 1. The van der Waals surface area contributed by atoms with Gasteiger partial charge in [-0.05, 0) is 6.42 Å². The minimum atomic E-state index is 0. The number of likely N-dealkylation sites (tertiary alicyclic amines) is 1. The van der Waals surface area contributed by atoms with Crippen LogP contribution in [-0.2, 0) is 4.79 Å². The van der Waals surface area contributed by atoms with Gasteiger partial charge in [-0.25, -0.2) is 0 Å². The summed E-state index contributed by atoms with van der Waals surface area (Å²) in [5, 5.41) is 0. The molecule has 1 aliphatic rings. The third-order valence-corrected chi connectivity index (χ3v) is 1.31. The molecule has 0 saturated carbocycles. The zero-order valence-corrected chi connectivity index (χ0v) is 7.48. The first-order valence-corrected chi connectivity index (χ1v) is 2.54. The molecule has 0 unspecified atom stereocenters. The number of nitrogens with zero attached hydrogens (tertiary/aromatic N) is 1. The Bertz CT molecular complexity index is 94.4. The molecular formula is C5H9NOSb+3. The van der Waals surface area contributed by atoms with Crippen LogP contribution in [0.5, 0.6) is 0 Å². The molecule has 1 heterocycles. The molecule has 8 heavy (non-hydrogen) atoms. The Kier molecular flexibility index (Phi) is 3.46. The summed E-state index contributed by atoms with van der Waals surface area (Å²) in [6.45, 7) is 0.957. The summed E-state index contributed by atoms with van der Waals surface area (Å²) in [7, 11) is 1.84. The molecule has 1 fully saturated rings. The maximum absolute atomic E-state index is 10.5. The molecule has 0 aromatic heterocycles. The monoisotopic (exact) mass is 220 g/mol. The van der Waals surface area contributed by atoms with Crippen molar-refractivity contribution in [1.29, 1.82) is 0 Å². The van der Waals surface area contributed by atoms with Crippen LogP contribution in [0.25, 0.3) is 0 Å². The summed E-state index contributed by atoms with van der Waals surface area (Å²) in [6.07, 6.45) is 1.81. The van der Waals surface area contributed by atoms with E-state index in [0.29, 0.717) is 5.91 Å². The van der Waals surface area contributed by atoms with Crippen molar-refractivity contribution in [2.45, 2.75) is 12.8 Å². The van der Waals surface area contributed by atoms with Gasteiger partial charge in [-0.15, -0.1) is 0 Å². The van der Waals surface area contributed by atoms with E-state index in [0.717, 1.165) is 19.4 Å². The van der Waals surface area contributed by atoms with Crippen LogP contribution in [0.4, 0.5) is 0 Å². The van der Waals surface area contributed by atoms with Crippen molar-refractivity contribution in [2.75, 3.05) is 13.6 Å². The number of amides is 1. The SMILES string of the molecule is CN1CCCC1=O.[Sb+3]. The minimum Gasteiger partial charge on any atom is -0.346 e. The molecule has 0 spiro atoms. The Labute approximate surface area is 66.7 Å². The molecule has 2 nitrogen and oxygen atoms in total. The average molecular weight is 221 g/mol. The molecule has 1 rings (SSSR count). The van der Waals surface area contributed by atoms with Gasteiger partial charge in [0, 0.05) is 20.0 Å². The minimum absolute atomic E-state index is 0. The predicted molar refractivity (Wildman–Crippen MR) is 32.6 cm³/mol. The number of hydrogen-bond donors (Lipinski definition) is 0. The van der Waals surface area contributed by atoms with Gasteiger partial charge in [-0.2, -0.15) is 0 Å². The molecule has 0 aromatic carbocycles. The van der Waals surface area contributed by atoms with Gasteiger partial charge in [-0.1, -0.05) is 0 Å². The van der Waals surface area contributed by atoms with E-state index in [9.17, 15) is 4.79 Å². The Balaban J connectivity index is 0.000000490. The Morgan fingerprint density at radius 3 is 2.38 bits per heavy atom. The van der Waals surface area contributed by atoms with Gasteiger partial charge in [0.2, 0.25) is 5.91 Å². The molecule has 0 bridgehead atoms. The quantitative estimate of drug-likeness (QED) is 0.521. The van der Waals surface area contributed by atoms with Crippen molar-refractivity contribution in [3.63, 3.8) is 0 Å². The third-order valence-electron chi connectivity index (χ3n) is 1.31. The van der Waals surface area contributed by atoms with Crippen LogP contribution in [0.15, 0.2) is 0 Å². The van der Waals surface area contributed by atoms with Crippen molar-refractivity contribution in [3.05, 3.63) is 0 Å². The maximum atomic E-state index is 10.5. The van der Waals surface area contributed by atoms with Gasteiger partial charge in [0.15, 0.2) is 0 Å². The summed E-state index contributed by atoms with van der Waals surface area (Å²) in [6, 6.07) is 0. The Morgan fingerprint density at radius 1 is 1.62 bits per heavy atom. The van der Waals surface area contributed by atoms with E-state index in [4.69, 9.17) is 0 Å².